The van der Waals surface area contributed by atoms with Crippen LogP contribution in [0.5, 0.6) is 0 Å². The number of hydrogen-bond donors (Lipinski definition) is 5. The van der Waals surface area contributed by atoms with Crippen LogP contribution >= 0.6 is 0 Å². The Morgan fingerprint density at radius 2 is 2.33 bits per heavy atom. The van der Waals surface area contributed by atoms with Crippen molar-refractivity contribution in [2.75, 3.05) is 13.2 Å². The van der Waals surface area contributed by atoms with Crippen LogP contribution in [0.25, 0.3) is 0 Å². The molecule has 0 aliphatic rings. The van der Waals surface area contributed by atoms with Crippen molar-refractivity contribution in [2.45, 2.75) is 18.3 Å². The Kier molecular flexibility index (Phi) is 2.27. The molecule has 0 fully saturated rings. The minimum atomic E-state index is -3.31. The topological polar surface area (TPSA) is 118 Å². The van der Waals surface area contributed by atoms with Gasteiger partial charge in [-0.25, -0.2) is 0 Å². The van der Waals surface area contributed by atoms with Crippen molar-refractivity contribution < 1.29 is 34.4 Å². The molecule has 5 N–H and O–H groups in total. The third kappa shape index (κ3) is 2.84. The molecule has 72 valence electrons. The molecule has 0 rings (SSSR count). The second kappa shape index (κ2) is 5.18. The summed E-state index contributed by atoms with van der Waals surface area (Å²) < 4.78 is 33.9. The van der Waals surface area contributed by atoms with Gasteiger partial charge in [0.25, 0.3) is 0 Å². The molecular weight excluding hydrogens is 168 g/mol. The van der Waals surface area contributed by atoms with Crippen LogP contribution < -0.4 is 0 Å². The summed E-state index contributed by atoms with van der Waals surface area (Å²) in [5.41, 5.74) is 0. The summed E-state index contributed by atoms with van der Waals surface area (Å²) in [6.45, 7) is -4.35. The summed E-state index contributed by atoms with van der Waals surface area (Å²) in [5.74, 6) is -1.89. The summed E-state index contributed by atoms with van der Waals surface area (Å²) in [7, 11) is 0. The average molecular weight is 185 g/mol. The highest BCUT2D eigenvalue weighted by atomic mass is 16.4. The number of aliphatic hydroxyl groups is 5. The van der Waals surface area contributed by atoms with Gasteiger partial charge in [-0.2, -0.15) is 0 Å². The molecule has 0 aromatic carbocycles. The van der Waals surface area contributed by atoms with E-state index in [2.05, 4.69) is 10.2 Å². The van der Waals surface area contributed by atoms with E-state index >= 15 is 0 Å². The van der Waals surface area contributed by atoms with Crippen LogP contribution in [-0.4, -0.2) is 65.6 Å². The maximum atomic E-state index is 11.4. The number of aliphatic hydroxyl groups excluding tert-OH is 3. The fraction of sp³-hybridized carbons (Fsp3) is 0.833. The van der Waals surface area contributed by atoms with Crippen molar-refractivity contribution in [3.63, 3.8) is 0 Å². The molecule has 0 unspecified atom stereocenters. The first kappa shape index (κ1) is 5.25. The van der Waals surface area contributed by atoms with Gasteiger partial charge in [0.05, 0.1) is 10.7 Å². The highest BCUT2D eigenvalue weighted by molar-refractivity contribution is 5.84. The zero-order chi connectivity index (χ0) is 13.9. The largest absolute Gasteiger partial charge is 0.394 e. The van der Waals surface area contributed by atoms with E-state index in [9.17, 15) is 9.90 Å². The third-order valence-electron chi connectivity index (χ3n) is 1.14. The van der Waals surface area contributed by atoms with Crippen LogP contribution in [0.3, 0.4) is 0 Å². The zero-order valence-corrected chi connectivity index (χ0v) is 5.93. The molecule has 3 atom stereocenters. The van der Waals surface area contributed by atoms with Crippen LogP contribution in [-0.2, 0) is 4.79 Å². The molecule has 0 saturated heterocycles. The molecule has 0 aliphatic carbocycles. The molecule has 0 aromatic heterocycles. The van der Waals surface area contributed by atoms with E-state index in [1.807, 2.05) is 0 Å². The minimum Gasteiger partial charge on any atom is -0.394 e. The number of carbonyl (C=O) groups is 1. The van der Waals surface area contributed by atoms with Crippen molar-refractivity contribution in [3.05, 3.63) is 0 Å². The number of rotatable bonds is 7. The first-order valence-corrected chi connectivity index (χ1v) is 2.98. The van der Waals surface area contributed by atoms with Crippen LogP contribution in [0.1, 0.15) is 4.11 Å². The molecule has 0 aromatic rings. The molecule has 6 heteroatoms. The fourth-order valence-electron chi connectivity index (χ4n) is 0.459. The highest BCUT2D eigenvalue weighted by Gasteiger charge is 2.28. The SMILES string of the molecule is [2H]OC([2H])([2H])C(=O)[C@]([2H])(O[2H])[C@H](O)[C@H](O)CO. The van der Waals surface area contributed by atoms with Gasteiger partial charge < -0.3 is 25.5 Å². The van der Waals surface area contributed by atoms with E-state index in [1.54, 1.807) is 0 Å². The summed E-state index contributed by atoms with van der Waals surface area (Å²) in [5, 5.41) is 33.9. The van der Waals surface area contributed by atoms with Crippen molar-refractivity contribution in [2.24, 2.45) is 0 Å². The molecule has 6 nitrogen and oxygen atoms in total. The van der Waals surface area contributed by atoms with Gasteiger partial charge in [0.2, 0.25) is 2.86 Å². The standard InChI is InChI=1S/C6H12O6/c7-1-3(9)5(11)6(12)4(10)2-8/h3,5-9,11-12H,1-2H2/t3-,5-,6+/m1/s1/i2D2,6D,8D,12D. The van der Waals surface area contributed by atoms with E-state index in [-0.39, 0.29) is 0 Å². The molecule has 0 radical (unpaired) electrons. The van der Waals surface area contributed by atoms with E-state index in [0.29, 0.717) is 0 Å². The summed E-state index contributed by atoms with van der Waals surface area (Å²) in [4.78, 5) is 11.4. The van der Waals surface area contributed by atoms with Crippen molar-refractivity contribution in [3.8, 4) is 0 Å². The minimum absolute atomic E-state index is 1.04. The number of carbonyl (C=O) groups excluding carboxylic acids is 1. The molecular formula is C6H12O6. The van der Waals surface area contributed by atoms with Crippen LogP contribution in [0.2, 0.25) is 0 Å². The number of ketones is 1. The number of Topliss-reactive ketones (excluding diaryl/α,β-unsaturated/α-hetero) is 1. The predicted molar refractivity (Wildman–Crippen MR) is 37.2 cm³/mol. The normalized spacial score (nSPS) is 28.1. The van der Waals surface area contributed by atoms with Crippen LogP contribution in [0.4, 0.5) is 0 Å². The second-order valence-corrected chi connectivity index (χ2v) is 1.99. The smallest absolute Gasteiger partial charge is 0.211 e. The Bertz CT molecular complexity index is 276. The molecule has 0 aliphatic heterocycles. The Labute approximate surface area is 75.9 Å². The van der Waals surface area contributed by atoms with Gasteiger partial charge in [0.15, 0.2) is 5.78 Å². The van der Waals surface area contributed by atoms with E-state index < -0.39 is 37.2 Å². The lowest BCUT2D eigenvalue weighted by Crippen LogP contribution is -2.44. The fourth-order valence-corrected chi connectivity index (χ4v) is 0.459. The Balaban J connectivity index is 5.22. The monoisotopic (exact) mass is 185 g/mol. The molecule has 0 saturated carbocycles. The average Bonchev–Trinajstić information content (AvgIpc) is 2.34. The predicted octanol–water partition coefficient (Wildman–Crippen LogP) is -3.38. The summed E-state index contributed by atoms with van der Waals surface area (Å²) >= 11 is 0. The van der Waals surface area contributed by atoms with Gasteiger partial charge in [-0.05, 0) is 0 Å². The first-order valence-electron chi connectivity index (χ1n) is 5.29. The van der Waals surface area contributed by atoms with Crippen molar-refractivity contribution in [1.29, 1.82) is 2.86 Å². The summed E-state index contributed by atoms with van der Waals surface area (Å²) in [6.07, 6.45) is -7.61. The van der Waals surface area contributed by atoms with Crippen LogP contribution in [0.15, 0.2) is 0 Å². The Morgan fingerprint density at radius 3 is 2.75 bits per heavy atom. The lowest BCUT2D eigenvalue weighted by atomic mass is 10.1. The van der Waals surface area contributed by atoms with Gasteiger partial charge in [-0.1, -0.05) is 0 Å². The Hall–Kier alpha value is -0.530. The van der Waals surface area contributed by atoms with E-state index in [1.165, 1.54) is 0 Å². The third-order valence-corrected chi connectivity index (χ3v) is 1.14. The van der Waals surface area contributed by atoms with Crippen molar-refractivity contribution in [1.82, 2.24) is 0 Å². The maximum absolute atomic E-state index is 11.4. The quantitative estimate of drug-likeness (QED) is 0.282. The molecule has 0 spiro atoms. The highest BCUT2D eigenvalue weighted by Crippen LogP contribution is 2.00. The molecule has 0 bridgehead atoms. The molecule has 12 heavy (non-hydrogen) atoms. The van der Waals surface area contributed by atoms with Gasteiger partial charge in [0, 0.05) is 0 Å². The zero-order valence-electron chi connectivity index (χ0n) is 10.9. The number of hydrogen-bond acceptors (Lipinski definition) is 6. The van der Waals surface area contributed by atoms with E-state index in [4.69, 9.17) is 17.2 Å². The van der Waals surface area contributed by atoms with Crippen molar-refractivity contribution >= 4 is 5.78 Å². The lowest BCUT2D eigenvalue weighted by Gasteiger charge is -2.19. The molecule has 0 heterocycles. The molecule has 0 amide bonds. The second-order valence-electron chi connectivity index (χ2n) is 1.99. The first-order chi connectivity index (χ1) is 7.67. The van der Waals surface area contributed by atoms with Gasteiger partial charge in [-0.3, -0.25) is 4.79 Å². The van der Waals surface area contributed by atoms with Gasteiger partial charge in [0.1, 0.15) is 24.8 Å². The lowest BCUT2D eigenvalue weighted by molar-refractivity contribution is -0.142. The summed E-state index contributed by atoms with van der Waals surface area (Å²) in [6, 6.07) is 0. The maximum Gasteiger partial charge on any atom is 0.211 e. The Morgan fingerprint density at radius 1 is 1.67 bits per heavy atom. The van der Waals surface area contributed by atoms with Gasteiger partial charge >= 0.3 is 0 Å². The van der Waals surface area contributed by atoms with Gasteiger partial charge in [-0.15, -0.1) is 0 Å². The van der Waals surface area contributed by atoms with Crippen LogP contribution in [0, 0.1) is 0 Å². The van der Waals surface area contributed by atoms with E-state index in [0.717, 1.165) is 0 Å².